The van der Waals surface area contributed by atoms with E-state index < -0.39 is 0 Å². The summed E-state index contributed by atoms with van der Waals surface area (Å²) in [5, 5.41) is 0. The maximum atomic E-state index is 5.62. The second-order valence-electron chi connectivity index (χ2n) is 5.39. The molecule has 0 unspecified atom stereocenters. The summed E-state index contributed by atoms with van der Waals surface area (Å²) in [5.41, 5.74) is 4.41. The van der Waals surface area contributed by atoms with Crippen LogP contribution in [0, 0.1) is 5.92 Å². The fourth-order valence-electron chi connectivity index (χ4n) is 2.51. The van der Waals surface area contributed by atoms with Gasteiger partial charge in [-0.05, 0) is 56.7 Å². The van der Waals surface area contributed by atoms with Crippen LogP contribution in [0.4, 0.5) is 0 Å². The van der Waals surface area contributed by atoms with E-state index in [2.05, 4.69) is 26.0 Å². The lowest BCUT2D eigenvalue weighted by Gasteiger charge is -2.19. The van der Waals surface area contributed by atoms with E-state index in [9.17, 15) is 0 Å². The Labute approximate surface area is 109 Å². The molecule has 1 heterocycles. The van der Waals surface area contributed by atoms with Crippen LogP contribution in [0.25, 0.3) is 0 Å². The Balaban J connectivity index is 1.78. The van der Waals surface area contributed by atoms with Gasteiger partial charge in [0.15, 0.2) is 11.5 Å². The van der Waals surface area contributed by atoms with Crippen LogP contribution in [0.5, 0.6) is 11.5 Å². The van der Waals surface area contributed by atoms with E-state index in [0.717, 1.165) is 23.8 Å². The van der Waals surface area contributed by atoms with E-state index in [0.29, 0.717) is 13.2 Å². The Morgan fingerprint density at radius 3 is 2.56 bits per heavy atom. The second-order valence-corrected chi connectivity index (χ2v) is 5.39. The molecule has 0 bridgehead atoms. The van der Waals surface area contributed by atoms with Crippen LogP contribution in [-0.4, -0.2) is 13.2 Å². The minimum atomic E-state index is 0.659. The van der Waals surface area contributed by atoms with Crippen molar-refractivity contribution in [1.82, 2.24) is 0 Å². The van der Waals surface area contributed by atoms with Gasteiger partial charge in [0.2, 0.25) is 0 Å². The fourth-order valence-corrected chi connectivity index (χ4v) is 2.51. The number of ether oxygens (including phenoxy) is 2. The van der Waals surface area contributed by atoms with Crippen LogP contribution < -0.4 is 9.47 Å². The molecule has 96 valence electrons. The first kappa shape index (κ1) is 11.6. The highest BCUT2D eigenvalue weighted by Crippen LogP contribution is 2.38. The number of rotatable bonds is 3. The minimum absolute atomic E-state index is 0.659. The molecule has 2 heteroatoms. The Bertz CT molecular complexity index is 484. The third-order valence-corrected chi connectivity index (χ3v) is 3.94. The van der Waals surface area contributed by atoms with Gasteiger partial charge in [0.25, 0.3) is 0 Å². The number of benzene rings is 1. The van der Waals surface area contributed by atoms with E-state index in [1.54, 1.807) is 5.57 Å². The summed E-state index contributed by atoms with van der Waals surface area (Å²) in [5.74, 6) is 2.64. The molecule has 0 N–H and O–H groups in total. The first-order chi connectivity index (χ1) is 8.74. The second kappa shape index (κ2) is 4.68. The van der Waals surface area contributed by atoms with Crippen LogP contribution in [0.2, 0.25) is 0 Å². The Morgan fingerprint density at radius 1 is 1.11 bits per heavy atom. The third-order valence-electron chi connectivity index (χ3n) is 3.94. The van der Waals surface area contributed by atoms with Gasteiger partial charge in [-0.15, -0.1) is 0 Å². The molecule has 1 aliphatic carbocycles. The van der Waals surface area contributed by atoms with Crippen LogP contribution in [-0.2, 0) is 6.42 Å². The van der Waals surface area contributed by atoms with Crippen molar-refractivity contribution in [1.29, 1.82) is 0 Å². The van der Waals surface area contributed by atoms with Crippen LogP contribution >= 0.6 is 0 Å². The SMILES string of the molecule is CC(Cc1ccc2c(c1)OCCO2)=C(C)C1CC1. The van der Waals surface area contributed by atoms with Gasteiger partial charge >= 0.3 is 0 Å². The minimum Gasteiger partial charge on any atom is -0.486 e. The van der Waals surface area contributed by atoms with Crippen molar-refractivity contribution < 1.29 is 9.47 Å². The van der Waals surface area contributed by atoms with E-state index in [4.69, 9.17) is 9.47 Å². The molecule has 2 aliphatic rings. The summed E-state index contributed by atoms with van der Waals surface area (Å²) in [6.07, 6.45) is 3.79. The molecule has 18 heavy (non-hydrogen) atoms. The van der Waals surface area contributed by atoms with Crippen molar-refractivity contribution in [3.05, 3.63) is 34.9 Å². The van der Waals surface area contributed by atoms with Gasteiger partial charge < -0.3 is 9.47 Å². The van der Waals surface area contributed by atoms with Crippen LogP contribution in [0.1, 0.15) is 32.3 Å². The zero-order valence-electron chi connectivity index (χ0n) is 11.2. The van der Waals surface area contributed by atoms with Gasteiger partial charge in [0.1, 0.15) is 13.2 Å². The Kier molecular flexibility index (Phi) is 3.02. The molecule has 0 saturated heterocycles. The highest BCUT2D eigenvalue weighted by atomic mass is 16.6. The predicted molar refractivity (Wildman–Crippen MR) is 72.2 cm³/mol. The molecule has 1 fully saturated rings. The largest absolute Gasteiger partial charge is 0.486 e. The van der Waals surface area contributed by atoms with Gasteiger partial charge in [-0.25, -0.2) is 0 Å². The lowest BCUT2D eigenvalue weighted by atomic mass is 9.99. The zero-order chi connectivity index (χ0) is 12.5. The average Bonchev–Trinajstić information content (AvgIpc) is 3.22. The third kappa shape index (κ3) is 2.38. The summed E-state index contributed by atoms with van der Waals surface area (Å²) in [6, 6.07) is 6.30. The molecule has 0 amide bonds. The summed E-state index contributed by atoms with van der Waals surface area (Å²) < 4.78 is 11.2. The van der Waals surface area contributed by atoms with Crippen molar-refractivity contribution >= 4 is 0 Å². The van der Waals surface area contributed by atoms with Gasteiger partial charge in [-0.3, -0.25) is 0 Å². The van der Waals surface area contributed by atoms with Gasteiger partial charge in [-0.1, -0.05) is 17.2 Å². The van der Waals surface area contributed by atoms with Crippen LogP contribution in [0.15, 0.2) is 29.3 Å². The van der Waals surface area contributed by atoms with Crippen LogP contribution in [0.3, 0.4) is 0 Å². The monoisotopic (exact) mass is 244 g/mol. The number of allylic oxidation sites excluding steroid dienone is 2. The van der Waals surface area contributed by atoms with E-state index in [1.807, 2.05) is 6.07 Å². The highest BCUT2D eigenvalue weighted by Gasteiger charge is 2.24. The quantitative estimate of drug-likeness (QED) is 0.754. The van der Waals surface area contributed by atoms with E-state index >= 15 is 0 Å². The first-order valence-corrected chi connectivity index (χ1v) is 6.79. The number of fused-ring (bicyclic) bond motifs is 1. The molecule has 1 aromatic carbocycles. The van der Waals surface area contributed by atoms with Crippen molar-refractivity contribution in [3.63, 3.8) is 0 Å². The Morgan fingerprint density at radius 2 is 1.83 bits per heavy atom. The van der Waals surface area contributed by atoms with Crippen molar-refractivity contribution in [2.24, 2.45) is 5.92 Å². The lowest BCUT2D eigenvalue weighted by molar-refractivity contribution is 0.171. The molecule has 2 nitrogen and oxygen atoms in total. The maximum absolute atomic E-state index is 5.62. The predicted octanol–water partition coefficient (Wildman–Crippen LogP) is 3.75. The molecule has 0 atom stereocenters. The smallest absolute Gasteiger partial charge is 0.161 e. The number of hydrogen-bond acceptors (Lipinski definition) is 2. The summed E-state index contributed by atoms with van der Waals surface area (Å²) in [4.78, 5) is 0. The van der Waals surface area contributed by atoms with Crippen molar-refractivity contribution in [2.75, 3.05) is 13.2 Å². The topological polar surface area (TPSA) is 18.5 Å². The Hall–Kier alpha value is -1.44. The van der Waals surface area contributed by atoms with Gasteiger partial charge in [0.05, 0.1) is 0 Å². The van der Waals surface area contributed by atoms with Gasteiger partial charge in [-0.2, -0.15) is 0 Å². The molecule has 1 aromatic rings. The van der Waals surface area contributed by atoms with Gasteiger partial charge in [0, 0.05) is 0 Å². The maximum Gasteiger partial charge on any atom is 0.161 e. The molecule has 0 aromatic heterocycles. The molecular weight excluding hydrogens is 224 g/mol. The first-order valence-electron chi connectivity index (χ1n) is 6.79. The van der Waals surface area contributed by atoms with E-state index in [-0.39, 0.29) is 0 Å². The van der Waals surface area contributed by atoms with Crippen molar-refractivity contribution in [3.8, 4) is 11.5 Å². The van der Waals surface area contributed by atoms with Crippen molar-refractivity contribution in [2.45, 2.75) is 33.1 Å². The molecule has 1 saturated carbocycles. The highest BCUT2D eigenvalue weighted by molar-refractivity contribution is 5.44. The van der Waals surface area contributed by atoms with E-state index in [1.165, 1.54) is 24.0 Å². The fraction of sp³-hybridized carbons (Fsp3) is 0.500. The molecule has 1 aliphatic heterocycles. The molecular formula is C16H20O2. The lowest BCUT2D eigenvalue weighted by Crippen LogP contribution is -2.15. The summed E-state index contributed by atoms with van der Waals surface area (Å²) >= 11 is 0. The normalized spacial score (nSPS) is 19.4. The summed E-state index contributed by atoms with van der Waals surface area (Å²) in [7, 11) is 0. The summed E-state index contributed by atoms with van der Waals surface area (Å²) in [6.45, 7) is 5.86. The zero-order valence-corrected chi connectivity index (χ0v) is 11.2. The average molecular weight is 244 g/mol. The standard InChI is InChI=1S/C16H20O2/c1-11(12(2)14-4-5-14)9-13-3-6-15-16(10-13)18-8-7-17-15/h3,6,10,14H,4-5,7-9H2,1-2H3. The number of hydrogen-bond donors (Lipinski definition) is 0. The molecule has 3 rings (SSSR count). The molecule has 0 spiro atoms. The molecule has 0 radical (unpaired) electrons.